The summed E-state index contributed by atoms with van der Waals surface area (Å²) < 4.78 is 39.1. The lowest BCUT2D eigenvalue weighted by Gasteiger charge is -2.07. The summed E-state index contributed by atoms with van der Waals surface area (Å²) in [5.74, 6) is -0.219. The van der Waals surface area contributed by atoms with Gasteiger partial charge in [-0.05, 0) is 18.2 Å². The van der Waals surface area contributed by atoms with Gasteiger partial charge in [0.25, 0.3) is 0 Å². The highest BCUT2D eigenvalue weighted by molar-refractivity contribution is 7.89. The molecule has 0 aliphatic carbocycles. The van der Waals surface area contributed by atoms with Crippen LogP contribution < -0.4 is 4.72 Å². The van der Waals surface area contributed by atoms with E-state index in [2.05, 4.69) is 14.7 Å². The van der Waals surface area contributed by atoms with Crippen LogP contribution in [0.25, 0.3) is 0 Å². The number of sulfonamides is 1. The Labute approximate surface area is 108 Å². The second-order valence-corrected chi connectivity index (χ2v) is 5.58. The third-order valence-corrected chi connectivity index (χ3v) is 4.05. The first-order chi connectivity index (χ1) is 8.49. The van der Waals surface area contributed by atoms with Crippen molar-refractivity contribution in [2.75, 3.05) is 0 Å². The van der Waals surface area contributed by atoms with Crippen LogP contribution in [0.15, 0.2) is 35.5 Å². The van der Waals surface area contributed by atoms with Gasteiger partial charge in [0.2, 0.25) is 10.0 Å². The molecule has 0 radical (unpaired) electrons. The van der Waals surface area contributed by atoms with Gasteiger partial charge in [-0.15, -0.1) is 0 Å². The van der Waals surface area contributed by atoms with Crippen molar-refractivity contribution >= 4 is 21.6 Å². The second kappa shape index (κ2) is 5.05. The molecule has 0 fully saturated rings. The first-order valence-corrected chi connectivity index (χ1v) is 6.78. The highest BCUT2D eigenvalue weighted by Crippen LogP contribution is 2.21. The molecule has 0 spiro atoms. The van der Waals surface area contributed by atoms with E-state index in [9.17, 15) is 12.8 Å². The molecule has 2 aromatic rings. The van der Waals surface area contributed by atoms with E-state index in [0.717, 1.165) is 12.1 Å². The molecule has 1 aromatic carbocycles. The lowest BCUT2D eigenvalue weighted by atomic mass is 10.3. The highest BCUT2D eigenvalue weighted by atomic mass is 35.5. The number of aromatic nitrogens is 2. The molecular formula is C10H9ClFN3O2S. The van der Waals surface area contributed by atoms with E-state index in [-0.39, 0.29) is 16.5 Å². The van der Waals surface area contributed by atoms with E-state index in [4.69, 9.17) is 11.6 Å². The summed E-state index contributed by atoms with van der Waals surface area (Å²) in [6.45, 7) is -0.0256. The molecule has 2 N–H and O–H groups in total. The molecule has 0 aliphatic heterocycles. The molecule has 1 aromatic heterocycles. The van der Waals surface area contributed by atoms with Gasteiger partial charge in [0.05, 0.1) is 11.6 Å². The number of hydrogen-bond acceptors (Lipinski definition) is 3. The van der Waals surface area contributed by atoms with Crippen molar-refractivity contribution in [3.8, 4) is 0 Å². The van der Waals surface area contributed by atoms with Gasteiger partial charge >= 0.3 is 0 Å². The Morgan fingerprint density at radius 1 is 1.44 bits per heavy atom. The third-order valence-electron chi connectivity index (χ3n) is 2.17. The Hall–Kier alpha value is -1.44. The zero-order valence-electron chi connectivity index (χ0n) is 9.02. The van der Waals surface area contributed by atoms with Gasteiger partial charge < -0.3 is 4.98 Å². The lowest BCUT2D eigenvalue weighted by Crippen LogP contribution is -2.24. The normalized spacial score (nSPS) is 11.7. The molecule has 0 saturated heterocycles. The van der Waals surface area contributed by atoms with E-state index in [0.29, 0.717) is 5.82 Å². The number of nitrogens with zero attached hydrogens (tertiary/aromatic N) is 1. The van der Waals surface area contributed by atoms with Crippen molar-refractivity contribution in [2.24, 2.45) is 0 Å². The number of nitrogens with one attached hydrogen (secondary N) is 2. The third kappa shape index (κ3) is 2.87. The molecule has 8 heteroatoms. The quantitative estimate of drug-likeness (QED) is 0.899. The van der Waals surface area contributed by atoms with Crippen molar-refractivity contribution in [2.45, 2.75) is 11.4 Å². The molecular weight excluding hydrogens is 281 g/mol. The zero-order chi connectivity index (χ0) is 13.2. The zero-order valence-corrected chi connectivity index (χ0v) is 10.6. The fourth-order valence-electron chi connectivity index (χ4n) is 1.32. The first kappa shape index (κ1) is 13.0. The largest absolute Gasteiger partial charge is 0.347 e. The summed E-state index contributed by atoms with van der Waals surface area (Å²) in [5, 5.41) is -0.0386. The van der Waals surface area contributed by atoms with Gasteiger partial charge in [-0.3, -0.25) is 0 Å². The van der Waals surface area contributed by atoms with E-state index < -0.39 is 15.8 Å². The number of hydrogen-bond donors (Lipinski definition) is 2. The molecule has 0 amide bonds. The maximum Gasteiger partial charge on any atom is 0.242 e. The van der Waals surface area contributed by atoms with Crippen LogP contribution in [0.5, 0.6) is 0 Å². The monoisotopic (exact) mass is 289 g/mol. The first-order valence-electron chi connectivity index (χ1n) is 4.92. The fourth-order valence-corrected chi connectivity index (χ4v) is 2.82. The topological polar surface area (TPSA) is 74.8 Å². The molecule has 0 saturated carbocycles. The molecule has 18 heavy (non-hydrogen) atoms. The highest BCUT2D eigenvalue weighted by Gasteiger charge is 2.18. The van der Waals surface area contributed by atoms with Crippen LogP contribution in [-0.4, -0.2) is 18.4 Å². The lowest BCUT2D eigenvalue weighted by molar-refractivity contribution is 0.576. The smallest absolute Gasteiger partial charge is 0.242 e. The van der Waals surface area contributed by atoms with Gasteiger partial charge in [-0.1, -0.05) is 11.6 Å². The summed E-state index contributed by atoms with van der Waals surface area (Å²) in [6.07, 6.45) is 3.07. The van der Waals surface area contributed by atoms with Crippen LogP contribution in [0.4, 0.5) is 4.39 Å². The van der Waals surface area contributed by atoms with Crippen LogP contribution in [0.2, 0.25) is 5.02 Å². The van der Waals surface area contributed by atoms with Crippen LogP contribution in [0, 0.1) is 5.82 Å². The van der Waals surface area contributed by atoms with Crippen molar-refractivity contribution < 1.29 is 12.8 Å². The average molecular weight is 290 g/mol. The second-order valence-electron chi connectivity index (χ2n) is 3.44. The Morgan fingerprint density at radius 2 is 2.22 bits per heavy atom. The molecule has 2 rings (SSSR count). The average Bonchev–Trinajstić information content (AvgIpc) is 2.83. The summed E-state index contributed by atoms with van der Waals surface area (Å²) >= 11 is 5.73. The number of H-pyrrole nitrogens is 1. The predicted molar refractivity (Wildman–Crippen MR) is 64.0 cm³/mol. The summed E-state index contributed by atoms with van der Waals surface area (Å²) in [5.41, 5.74) is 0. The molecule has 0 unspecified atom stereocenters. The maximum atomic E-state index is 13.0. The molecule has 0 aliphatic rings. The number of halogens is 2. The minimum absolute atomic E-state index is 0.0256. The van der Waals surface area contributed by atoms with E-state index in [1.807, 2.05) is 0 Å². The van der Waals surface area contributed by atoms with Gasteiger partial charge in [-0.2, -0.15) is 0 Å². The standard InChI is InChI=1S/C10H9ClFN3O2S/c11-8-2-1-7(12)5-9(8)18(16,17)15-6-10-13-3-4-14-10/h1-5,15H,6H2,(H,13,14). The Kier molecular flexibility index (Phi) is 3.65. The number of rotatable bonds is 4. The van der Waals surface area contributed by atoms with E-state index in [1.165, 1.54) is 12.3 Å². The maximum absolute atomic E-state index is 13.0. The Balaban J connectivity index is 2.22. The SMILES string of the molecule is O=S(=O)(NCc1ncc[nH]1)c1cc(F)ccc1Cl. The van der Waals surface area contributed by atoms with Crippen LogP contribution in [-0.2, 0) is 16.6 Å². The molecule has 5 nitrogen and oxygen atoms in total. The minimum atomic E-state index is -3.87. The van der Waals surface area contributed by atoms with Crippen LogP contribution in [0.3, 0.4) is 0 Å². The Bertz CT molecular complexity index is 643. The van der Waals surface area contributed by atoms with E-state index in [1.54, 1.807) is 6.20 Å². The summed E-state index contributed by atoms with van der Waals surface area (Å²) in [4.78, 5) is 6.31. The Morgan fingerprint density at radius 3 is 2.89 bits per heavy atom. The molecule has 0 atom stereocenters. The van der Waals surface area contributed by atoms with Crippen molar-refractivity contribution in [1.82, 2.24) is 14.7 Å². The van der Waals surface area contributed by atoms with Gasteiger partial charge in [-0.25, -0.2) is 22.5 Å². The number of imidazole rings is 1. The summed E-state index contributed by atoms with van der Waals surface area (Å²) in [7, 11) is -3.87. The van der Waals surface area contributed by atoms with Gasteiger partial charge in [0, 0.05) is 12.4 Å². The fraction of sp³-hybridized carbons (Fsp3) is 0.100. The molecule has 0 bridgehead atoms. The predicted octanol–water partition coefficient (Wildman–Crippen LogP) is 1.68. The number of aromatic amines is 1. The van der Waals surface area contributed by atoms with Gasteiger partial charge in [0.15, 0.2) is 0 Å². The summed E-state index contributed by atoms with van der Waals surface area (Å²) in [6, 6.07) is 3.15. The number of benzene rings is 1. The van der Waals surface area contributed by atoms with Crippen molar-refractivity contribution in [3.05, 3.63) is 47.3 Å². The molecule has 96 valence electrons. The molecule has 1 heterocycles. The van der Waals surface area contributed by atoms with E-state index >= 15 is 0 Å². The minimum Gasteiger partial charge on any atom is -0.347 e. The van der Waals surface area contributed by atoms with Crippen LogP contribution >= 0.6 is 11.6 Å². The van der Waals surface area contributed by atoms with Crippen LogP contribution in [0.1, 0.15) is 5.82 Å². The van der Waals surface area contributed by atoms with Crippen molar-refractivity contribution in [1.29, 1.82) is 0 Å². The van der Waals surface area contributed by atoms with Gasteiger partial charge in [0.1, 0.15) is 16.5 Å². The van der Waals surface area contributed by atoms with Crippen molar-refractivity contribution in [3.63, 3.8) is 0 Å².